The van der Waals surface area contributed by atoms with Gasteiger partial charge in [0.25, 0.3) is 0 Å². The number of likely N-dealkylation sites (tertiary alicyclic amines) is 1. The number of anilines is 4. The van der Waals surface area contributed by atoms with Crippen molar-refractivity contribution in [3.8, 4) is 17.0 Å². The van der Waals surface area contributed by atoms with Gasteiger partial charge in [0.2, 0.25) is 5.91 Å². The van der Waals surface area contributed by atoms with Gasteiger partial charge in [0.15, 0.2) is 0 Å². The number of ether oxygens (including phenoxy) is 2. The Morgan fingerprint density at radius 2 is 1.89 bits per heavy atom. The molecule has 230 valence electrons. The van der Waals surface area contributed by atoms with Crippen LogP contribution in [-0.4, -0.2) is 83.1 Å². The molecule has 11 heteroatoms. The lowest BCUT2D eigenvalue weighted by atomic mass is 9.98. The van der Waals surface area contributed by atoms with Crippen LogP contribution in [0.1, 0.15) is 25.7 Å². The molecule has 2 N–H and O–H groups in total. The van der Waals surface area contributed by atoms with Crippen LogP contribution in [0.4, 0.5) is 22.9 Å². The van der Waals surface area contributed by atoms with Crippen molar-refractivity contribution in [2.75, 3.05) is 56.0 Å². The van der Waals surface area contributed by atoms with E-state index in [9.17, 15) is 4.79 Å². The van der Waals surface area contributed by atoms with Crippen molar-refractivity contribution < 1.29 is 14.3 Å². The minimum absolute atomic E-state index is 0.278. The number of hydrogen-bond donors (Lipinski definition) is 2. The van der Waals surface area contributed by atoms with Gasteiger partial charge in [-0.3, -0.25) is 9.48 Å². The topological polar surface area (TPSA) is 110 Å². The summed E-state index contributed by atoms with van der Waals surface area (Å²) in [7, 11) is 5.66. The molecule has 11 nitrogen and oxygen atoms in total. The lowest BCUT2D eigenvalue weighted by Crippen LogP contribution is -2.48. The van der Waals surface area contributed by atoms with Crippen LogP contribution in [0.25, 0.3) is 22.2 Å². The lowest BCUT2D eigenvalue weighted by Gasteiger charge is -2.42. The zero-order valence-corrected chi connectivity index (χ0v) is 25.6. The highest BCUT2D eigenvalue weighted by Crippen LogP contribution is 2.40. The number of nitrogens with zero attached hydrogens (tertiary/aromatic N) is 6. The van der Waals surface area contributed by atoms with Crippen molar-refractivity contribution in [3.63, 3.8) is 0 Å². The predicted octanol–water partition coefficient (Wildman–Crippen LogP) is 4.99. The van der Waals surface area contributed by atoms with Crippen molar-refractivity contribution in [2.45, 2.75) is 37.8 Å². The number of nitrogens with one attached hydrogen (secondary N) is 2. The fraction of sp³-hybridized carbons (Fsp3) is 0.394. The second-order valence-electron chi connectivity index (χ2n) is 11.4. The Labute approximate surface area is 257 Å². The fourth-order valence-corrected chi connectivity index (χ4v) is 6.32. The van der Waals surface area contributed by atoms with Crippen LogP contribution in [-0.2, 0) is 16.6 Å². The predicted molar refractivity (Wildman–Crippen MR) is 174 cm³/mol. The summed E-state index contributed by atoms with van der Waals surface area (Å²) in [6, 6.07) is 12.8. The molecule has 2 aliphatic rings. The van der Waals surface area contributed by atoms with Gasteiger partial charge in [0.1, 0.15) is 17.9 Å². The van der Waals surface area contributed by atoms with Gasteiger partial charge >= 0.3 is 0 Å². The van der Waals surface area contributed by atoms with E-state index in [1.54, 1.807) is 7.11 Å². The second kappa shape index (κ2) is 13.0. The van der Waals surface area contributed by atoms with E-state index in [1.165, 1.54) is 12.4 Å². The van der Waals surface area contributed by atoms with E-state index in [2.05, 4.69) is 55.2 Å². The summed E-state index contributed by atoms with van der Waals surface area (Å²) in [5.41, 5.74) is 4.98. The Morgan fingerprint density at radius 1 is 1.09 bits per heavy atom. The summed E-state index contributed by atoms with van der Waals surface area (Å²) in [6.07, 6.45) is 8.96. The number of fused-ring (bicyclic) bond motifs is 1. The standard InChI is InChI=1S/C33H40N8O3/c1-5-33(42)38-27-17-28(37-32-18-26(34-21-35-32)22-6-7-23-20-36-40(3)29(23)16-22)31(43-4)19-30(27)39(2)24-8-12-41(13-9-24)25-10-14-44-15-11-25/h5-7,16-21,24-25H,1,8-15H2,2-4H3,(H,38,42)(H,34,35,37). The first kappa shape index (κ1) is 29.6. The normalized spacial score (nSPS) is 16.5. The van der Waals surface area contributed by atoms with Crippen LogP contribution < -0.4 is 20.3 Å². The average molecular weight is 597 g/mol. The Morgan fingerprint density at radius 3 is 2.64 bits per heavy atom. The van der Waals surface area contributed by atoms with Crippen molar-refractivity contribution in [1.29, 1.82) is 0 Å². The van der Waals surface area contributed by atoms with Crippen molar-refractivity contribution >= 4 is 39.7 Å². The van der Waals surface area contributed by atoms with E-state index in [-0.39, 0.29) is 5.91 Å². The van der Waals surface area contributed by atoms with Crippen molar-refractivity contribution in [1.82, 2.24) is 24.6 Å². The van der Waals surface area contributed by atoms with E-state index in [4.69, 9.17) is 9.47 Å². The highest BCUT2D eigenvalue weighted by molar-refractivity contribution is 6.02. The number of piperidine rings is 1. The van der Waals surface area contributed by atoms with Crippen LogP contribution in [0.3, 0.4) is 0 Å². The molecule has 1 amide bonds. The van der Waals surface area contributed by atoms with Gasteiger partial charge in [-0.15, -0.1) is 0 Å². The second-order valence-corrected chi connectivity index (χ2v) is 11.4. The molecule has 2 aromatic heterocycles. The monoisotopic (exact) mass is 596 g/mol. The third kappa shape index (κ3) is 6.24. The smallest absolute Gasteiger partial charge is 0.247 e. The molecule has 0 saturated carbocycles. The largest absolute Gasteiger partial charge is 0.494 e. The number of carbonyl (C=O) groups excluding carboxylic acids is 1. The Balaban J connectivity index is 1.25. The Bertz CT molecular complexity index is 1640. The van der Waals surface area contributed by atoms with Crippen molar-refractivity contribution in [3.05, 3.63) is 61.6 Å². The SMILES string of the molecule is C=CC(=O)Nc1cc(Nc2cc(-c3ccc4cnn(C)c4c3)ncn2)c(OC)cc1N(C)C1CCN(C2CCOCC2)CC1. The maximum atomic E-state index is 12.5. The summed E-state index contributed by atoms with van der Waals surface area (Å²) in [6.45, 7) is 7.47. The molecule has 0 aliphatic carbocycles. The molecule has 2 aliphatic heterocycles. The Kier molecular flexibility index (Phi) is 8.76. The molecular formula is C33H40N8O3. The minimum Gasteiger partial charge on any atom is -0.494 e. The first-order valence-corrected chi connectivity index (χ1v) is 15.1. The molecule has 0 radical (unpaired) electrons. The molecule has 2 saturated heterocycles. The number of hydrogen-bond acceptors (Lipinski definition) is 9. The van der Waals surface area contributed by atoms with Gasteiger partial charge in [0.05, 0.1) is 41.6 Å². The van der Waals surface area contributed by atoms with Gasteiger partial charge < -0.3 is 29.9 Å². The maximum Gasteiger partial charge on any atom is 0.247 e. The van der Waals surface area contributed by atoms with Crippen LogP contribution in [0.15, 0.2) is 61.6 Å². The zero-order chi connectivity index (χ0) is 30.6. The van der Waals surface area contributed by atoms with E-state index >= 15 is 0 Å². The summed E-state index contributed by atoms with van der Waals surface area (Å²) >= 11 is 0. The number of rotatable bonds is 9. The number of carbonyl (C=O) groups is 1. The third-order valence-electron chi connectivity index (χ3n) is 8.87. The zero-order valence-electron chi connectivity index (χ0n) is 25.6. The van der Waals surface area contributed by atoms with Gasteiger partial charge in [0, 0.05) is 75.6 Å². The van der Waals surface area contributed by atoms with Crippen LogP contribution in [0.5, 0.6) is 5.75 Å². The summed E-state index contributed by atoms with van der Waals surface area (Å²) in [4.78, 5) is 26.4. The quantitative estimate of drug-likeness (QED) is 0.258. The number of aromatic nitrogens is 4. The van der Waals surface area contributed by atoms with Gasteiger partial charge in [-0.05, 0) is 43.9 Å². The van der Waals surface area contributed by atoms with Crippen LogP contribution in [0, 0.1) is 0 Å². The van der Waals surface area contributed by atoms with E-state index in [0.29, 0.717) is 35.0 Å². The van der Waals surface area contributed by atoms with E-state index < -0.39 is 0 Å². The molecule has 0 spiro atoms. The van der Waals surface area contributed by atoms with Crippen molar-refractivity contribution in [2.24, 2.45) is 7.05 Å². The van der Waals surface area contributed by atoms with Crippen LogP contribution in [0.2, 0.25) is 0 Å². The summed E-state index contributed by atoms with van der Waals surface area (Å²) in [5, 5.41) is 11.8. The minimum atomic E-state index is -0.278. The molecule has 44 heavy (non-hydrogen) atoms. The average Bonchev–Trinajstić information content (AvgIpc) is 3.44. The van der Waals surface area contributed by atoms with E-state index in [0.717, 1.165) is 79.8 Å². The molecule has 6 rings (SSSR count). The van der Waals surface area contributed by atoms with Gasteiger partial charge in [-0.25, -0.2) is 9.97 Å². The molecule has 4 aromatic rings. The molecule has 0 bridgehead atoms. The number of amides is 1. The molecular weight excluding hydrogens is 556 g/mol. The molecule has 2 aromatic carbocycles. The van der Waals surface area contributed by atoms with Gasteiger partial charge in [-0.2, -0.15) is 5.10 Å². The fourth-order valence-electron chi connectivity index (χ4n) is 6.32. The Hall–Kier alpha value is -4.48. The molecule has 0 atom stereocenters. The van der Waals surface area contributed by atoms with Gasteiger partial charge in [-0.1, -0.05) is 18.7 Å². The molecule has 2 fully saturated rings. The molecule has 4 heterocycles. The molecule has 0 unspecified atom stereocenters. The third-order valence-corrected chi connectivity index (χ3v) is 8.87. The maximum absolute atomic E-state index is 12.5. The number of benzene rings is 2. The first-order valence-electron chi connectivity index (χ1n) is 15.1. The lowest BCUT2D eigenvalue weighted by molar-refractivity contribution is -0.111. The summed E-state index contributed by atoms with van der Waals surface area (Å²) < 4.78 is 13.3. The number of methoxy groups -OCH3 is 1. The first-order chi connectivity index (χ1) is 21.4. The summed E-state index contributed by atoms with van der Waals surface area (Å²) in [5.74, 6) is 0.959. The highest BCUT2D eigenvalue weighted by Gasteiger charge is 2.29. The van der Waals surface area contributed by atoms with Crippen LogP contribution >= 0.6 is 0 Å². The number of aryl methyl sites for hydroxylation is 1. The highest BCUT2D eigenvalue weighted by atomic mass is 16.5. The van der Waals surface area contributed by atoms with E-state index in [1.807, 2.05) is 48.3 Å².